The number of aryl methyl sites for hydroxylation is 1. The Balaban J connectivity index is 1.42. The average molecular weight is 457 g/mol. The maximum Gasteiger partial charge on any atom is 0.259 e. The largest absolute Gasteiger partial charge is 0.322 e. The number of carbonyl (C=O) groups is 2. The molecule has 4 aromatic rings. The first-order valence-corrected chi connectivity index (χ1v) is 11.0. The van der Waals surface area contributed by atoms with Gasteiger partial charge in [0.2, 0.25) is 0 Å². The van der Waals surface area contributed by atoms with Crippen LogP contribution in [0, 0.1) is 6.92 Å². The lowest BCUT2D eigenvalue weighted by molar-refractivity contribution is 0.0986. The second-order valence-corrected chi connectivity index (χ2v) is 8.37. The Morgan fingerprint density at radius 2 is 1.82 bits per heavy atom. The third-order valence-electron chi connectivity index (χ3n) is 5.88. The Hall–Kier alpha value is -3.90. The molecule has 164 valence electrons. The molecule has 1 aliphatic rings. The van der Waals surface area contributed by atoms with Crippen molar-refractivity contribution in [3.63, 3.8) is 0 Å². The number of hydrogen-bond acceptors (Lipinski definition) is 3. The number of nitrogens with zero attached hydrogens (tertiary/aromatic N) is 2. The number of hydrogen-bond donors (Lipinski definition) is 2. The molecule has 7 heteroatoms. The highest BCUT2D eigenvalue weighted by Gasteiger charge is 2.27. The highest BCUT2D eigenvalue weighted by atomic mass is 35.5. The van der Waals surface area contributed by atoms with Gasteiger partial charge in [0.15, 0.2) is 0 Å². The van der Waals surface area contributed by atoms with Crippen molar-refractivity contribution >= 4 is 34.8 Å². The van der Waals surface area contributed by atoms with Crippen molar-refractivity contribution in [1.29, 1.82) is 0 Å². The molecule has 6 nitrogen and oxygen atoms in total. The van der Waals surface area contributed by atoms with Gasteiger partial charge in [0, 0.05) is 23.4 Å². The number of anilines is 2. The van der Waals surface area contributed by atoms with E-state index < -0.39 is 0 Å². The van der Waals surface area contributed by atoms with Gasteiger partial charge in [-0.2, -0.15) is 5.10 Å². The highest BCUT2D eigenvalue weighted by molar-refractivity contribution is 6.35. The molecule has 0 fully saturated rings. The lowest BCUT2D eigenvalue weighted by Crippen LogP contribution is -2.32. The summed E-state index contributed by atoms with van der Waals surface area (Å²) >= 11 is 6.53. The van der Waals surface area contributed by atoms with Crippen LogP contribution in [0.4, 0.5) is 11.4 Å². The summed E-state index contributed by atoms with van der Waals surface area (Å²) in [5, 5.41) is 10.4. The van der Waals surface area contributed by atoms with Crippen LogP contribution in [-0.4, -0.2) is 28.6 Å². The van der Waals surface area contributed by atoms with Crippen LogP contribution in [0.15, 0.2) is 72.9 Å². The average Bonchev–Trinajstić information content (AvgIpc) is 3.22. The number of aromatic nitrogens is 2. The molecule has 2 amide bonds. The van der Waals surface area contributed by atoms with E-state index in [9.17, 15) is 9.59 Å². The molecular formula is C26H21ClN4O2. The molecular weight excluding hydrogens is 436 g/mol. The molecule has 1 aliphatic heterocycles. The van der Waals surface area contributed by atoms with Crippen LogP contribution in [-0.2, 0) is 6.42 Å². The molecule has 0 bridgehead atoms. The molecule has 5 rings (SSSR count). The maximum atomic E-state index is 13.5. The van der Waals surface area contributed by atoms with Gasteiger partial charge in [-0.05, 0) is 54.8 Å². The Labute approximate surface area is 196 Å². The van der Waals surface area contributed by atoms with Gasteiger partial charge in [0.25, 0.3) is 11.8 Å². The van der Waals surface area contributed by atoms with E-state index in [2.05, 4.69) is 15.5 Å². The standard InChI is InChI=1S/C26H21ClN4O2/c1-16-6-2-3-7-19(16)25(32)29-18-10-11-20(22(27)14-18)26(33)31-13-12-17-15-28-30-24(17)21-8-4-5-9-23(21)31/h2-11,14-15H,12-13H2,1H3,(H,28,30)(H,29,32). The third-order valence-corrected chi connectivity index (χ3v) is 6.19. The number of benzene rings is 3. The smallest absolute Gasteiger partial charge is 0.259 e. The Morgan fingerprint density at radius 1 is 1.03 bits per heavy atom. The summed E-state index contributed by atoms with van der Waals surface area (Å²) in [7, 11) is 0. The number of H-pyrrole nitrogens is 1. The summed E-state index contributed by atoms with van der Waals surface area (Å²) < 4.78 is 0. The summed E-state index contributed by atoms with van der Waals surface area (Å²) in [5.41, 5.74) is 6.11. The zero-order valence-corrected chi connectivity index (χ0v) is 18.7. The Bertz CT molecular complexity index is 1380. The molecule has 0 saturated heterocycles. The number of carbonyl (C=O) groups excluding carboxylic acids is 2. The van der Waals surface area contributed by atoms with Crippen LogP contribution in [0.2, 0.25) is 5.02 Å². The molecule has 0 spiro atoms. The zero-order chi connectivity index (χ0) is 22.9. The van der Waals surface area contributed by atoms with Crippen molar-refractivity contribution in [3.05, 3.63) is 100 Å². The normalized spacial score (nSPS) is 12.5. The van der Waals surface area contributed by atoms with Crippen molar-refractivity contribution < 1.29 is 9.59 Å². The summed E-state index contributed by atoms with van der Waals surface area (Å²) in [6, 6.07) is 20.1. The first-order chi connectivity index (χ1) is 16.0. The lowest BCUT2D eigenvalue weighted by Gasteiger charge is -2.23. The van der Waals surface area contributed by atoms with E-state index in [1.807, 2.05) is 49.4 Å². The first kappa shape index (κ1) is 21.0. The van der Waals surface area contributed by atoms with Gasteiger partial charge in [-0.15, -0.1) is 0 Å². The van der Waals surface area contributed by atoms with Crippen molar-refractivity contribution in [1.82, 2.24) is 10.2 Å². The number of halogens is 1. The van der Waals surface area contributed by atoms with E-state index in [-0.39, 0.29) is 16.8 Å². The molecule has 0 aliphatic carbocycles. The Kier molecular flexibility index (Phi) is 5.44. The van der Waals surface area contributed by atoms with Crippen LogP contribution in [0.5, 0.6) is 0 Å². The fourth-order valence-electron chi connectivity index (χ4n) is 4.16. The van der Waals surface area contributed by atoms with Gasteiger partial charge in [-0.1, -0.05) is 48.0 Å². The van der Waals surface area contributed by atoms with Crippen LogP contribution in [0.3, 0.4) is 0 Å². The fourth-order valence-corrected chi connectivity index (χ4v) is 4.42. The molecule has 33 heavy (non-hydrogen) atoms. The number of aromatic amines is 1. The van der Waals surface area contributed by atoms with Crippen molar-refractivity contribution in [2.24, 2.45) is 0 Å². The predicted molar refractivity (Wildman–Crippen MR) is 130 cm³/mol. The van der Waals surface area contributed by atoms with Crippen LogP contribution >= 0.6 is 11.6 Å². The molecule has 1 aromatic heterocycles. The number of para-hydroxylation sites is 1. The molecule has 0 saturated carbocycles. The van der Waals surface area contributed by atoms with Gasteiger partial charge >= 0.3 is 0 Å². The van der Waals surface area contributed by atoms with Crippen LogP contribution in [0.25, 0.3) is 11.3 Å². The number of amides is 2. The van der Waals surface area contributed by atoms with E-state index >= 15 is 0 Å². The SMILES string of the molecule is Cc1ccccc1C(=O)Nc1ccc(C(=O)N2CCc3cn[nH]c3-c3ccccc32)c(Cl)c1. The number of nitrogens with one attached hydrogen (secondary N) is 2. The summed E-state index contributed by atoms with van der Waals surface area (Å²) in [6.07, 6.45) is 2.48. The topological polar surface area (TPSA) is 78.1 Å². The second kappa shape index (κ2) is 8.56. The molecule has 3 aromatic carbocycles. The van der Waals surface area contributed by atoms with Crippen molar-refractivity contribution in [3.8, 4) is 11.3 Å². The fraction of sp³-hybridized carbons (Fsp3) is 0.115. The van der Waals surface area contributed by atoms with Crippen LogP contribution in [0.1, 0.15) is 31.8 Å². The third kappa shape index (κ3) is 3.90. The monoisotopic (exact) mass is 456 g/mol. The van der Waals surface area contributed by atoms with Gasteiger partial charge in [-0.25, -0.2) is 0 Å². The lowest BCUT2D eigenvalue weighted by atomic mass is 10.1. The molecule has 0 atom stereocenters. The van der Waals surface area contributed by atoms with Gasteiger partial charge < -0.3 is 10.2 Å². The number of rotatable bonds is 3. The van der Waals surface area contributed by atoms with Gasteiger partial charge in [0.1, 0.15) is 0 Å². The van der Waals surface area contributed by atoms with E-state index in [0.29, 0.717) is 29.8 Å². The Morgan fingerprint density at radius 3 is 2.64 bits per heavy atom. The second-order valence-electron chi connectivity index (χ2n) is 7.96. The molecule has 2 N–H and O–H groups in total. The van der Waals surface area contributed by atoms with E-state index in [1.54, 1.807) is 35.4 Å². The maximum absolute atomic E-state index is 13.5. The first-order valence-electron chi connectivity index (χ1n) is 10.6. The highest BCUT2D eigenvalue weighted by Crippen LogP contribution is 2.36. The van der Waals surface area contributed by atoms with E-state index in [1.165, 1.54) is 0 Å². The minimum Gasteiger partial charge on any atom is -0.322 e. The number of fused-ring (bicyclic) bond motifs is 3. The van der Waals surface area contributed by atoms with Crippen LogP contribution < -0.4 is 10.2 Å². The minimum atomic E-state index is -0.223. The molecule has 0 unspecified atom stereocenters. The minimum absolute atomic E-state index is 0.192. The van der Waals surface area contributed by atoms with Gasteiger partial charge in [0.05, 0.1) is 28.2 Å². The van der Waals surface area contributed by atoms with E-state index in [0.717, 1.165) is 28.1 Å². The summed E-state index contributed by atoms with van der Waals surface area (Å²) in [6.45, 7) is 2.39. The molecule has 0 radical (unpaired) electrons. The van der Waals surface area contributed by atoms with E-state index in [4.69, 9.17) is 11.6 Å². The summed E-state index contributed by atoms with van der Waals surface area (Å²) in [4.78, 5) is 27.9. The zero-order valence-electron chi connectivity index (χ0n) is 17.9. The van der Waals surface area contributed by atoms with Crippen molar-refractivity contribution in [2.45, 2.75) is 13.3 Å². The van der Waals surface area contributed by atoms with Crippen molar-refractivity contribution in [2.75, 3.05) is 16.8 Å². The van der Waals surface area contributed by atoms with Gasteiger partial charge in [-0.3, -0.25) is 14.7 Å². The summed E-state index contributed by atoms with van der Waals surface area (Å²) in [5.74, 6) is -0.415. The predicted octanol–water partition coefficient (Wildman–Crippen LogP) is 5.49. The quantitative estimate of drug-likeness (QED) is 0.427. The molecule has 2 heterocycles.